The van der Waals surface area contributed by atoms with Crippen LogP contribution in [0.15, 0.2) is 12.3 Å². The van der Waals surface area contributed by atoms with Gasteiger partial charge in [-0.15, -0.1) is 0 Å². The van der Waals surface area contributed by atoms with Crippen molar-refractivity contribution in [1.82, 2.24) is 9.78 Å². The molecular weight excluding hydrogens is 154 g/mol. The van der Waals surface area contributed by atoms with Gasteiger partial charge in [-0.05, 0) is 19.9 Å². The first-order valence-corrected chi connectivity index (χ1v) is 3.89. The van der Waals surface area contributed by atoms with Gasteiger partial charge in [0.2, 0.25) is 0 Å². The van der Waals surface area contributed by atoms with Crippen LogP contribution < -0.4 is 5.73 Å². The molecule has 12 heavy (non-hydrogen) atoms. The van der Waals surface area contributed by atoms with E-state index in [0.717, 1.165) is 5.69 Å². The van der Waals surface area contributed by atoms with Crippen LogP contribution in [-0.2, 0) is 4.79 Å². The third-order valence-corrected chi connectivity index (χ3v) is 1.81. The Hall–Kier alpha value is -1.16. The molecule has 4 nitrogen and oxygen atoms in total. The quantitative estimate of drug-likeness (QED) is 0.703. The molecule has 1 aromatic heterocycles. The van der Waals surface area contributed by atoms with Gasteiger partial charge in [-0.3, -0.25) is 9.48 Å². The molecule has 0 saturated heterocycles. The van der Waals surface area contributed by atoms with E-state index in [0.29, 0.717) is 0 Å². The van der Waals surface area contributed by atoms with Gasteiger partial charge in [0.25, 0.3) is 0 Å². The molecule has 4 heteroatoms. The summed E-state index contributed by atoms with van der Waals surface area (Å²) in [7, 11) is 0. The number of rotatable bonds is 3. The lowest BCUT2D eigenvalue weighted by molar-refractivity contribution is -0.120. The summed E-state index contributed by atoms with van der Waals surface area (Å²) < 4.78 is 1.63. The Labute approximate surface area is 71.4 Å². The molecule has 2 N–H and O–H groups in total. The van der Waals surface area contributed by atoms with Crippen molar-refractivity contribution in [2.75, 3.05) is 6.54 Å². The zero-order chi connectivity index (χ0) is 9.14. The largest absolute Gasteiger partial charge is 0.324 e. The average molecular weight is 167 g/mol. The van der Waals surface area contributed by atoms with Gasteiger partial charge in [-0.25, -0.2) is 0 Å². The molecule has 1 aromatic rings. The van der Waals surface area contributed by atoms with E-state index >= 15 is 0 Å². The number of hydrogen-bond donors (Lipinski definition) is 1. The number of aromatic nitrogens is 2. The fourth-order valence-electron chi connectivity index (χ4n) is 0.967. The molecule has 1 rings (SSSR count). The Bertz CT molecular complexity index is 280. The highest BCUT2D eigenvalue weighted by molar-refractivity contribution is 5.83. The van der Waals surface area contributed by atoms with Crippen LogP contribution in [0.25, 0.3) is 0 Å². The number of ketones is 1. The van der Waals surface area contributed by atoms with Crippen molar-refractivity contribution in [2.24, 2.45) is 5.73 Å². The Kier molecular flexibility index (Phi) is 2.60. The van der Waals surface area contributed by atoms with Gasteiger partial charge in [-0.2, -0.15) is 5.10 Å². The standard InChI is InChI=1S/C8H13N3O/c1-6-3-4-11(10-6)7(2)8(12)5-9/h3-4,7H,5,9H2,1-2H3. The van der Waals surface area contributed by atoms with Gasteiger partial charge in [0.05, 0.1) is 12.2 Å². The molecule has 66 valence electrons. The maximum Gasteiger partial charge on any atom is 0.170 e. The normalized spacial score (nSPS) is 12.9. The Morgan fingerprint density at radius 2 is 2.50 bits per heavy atom. The average Bonchev–Trinajstić information content (AvgIpc) is 2.49. The van der Waals surface area contributed by atoms with E-state index in [2.05, 4.69) is 5.10 Å². The molecule has 1 heterocycles. The molecule has 0 bridgehead atoms. The van der Waals surface area contributed by atoms with E-state index < -0.39 is 0 Å². The van der Waals surface area contributed by atoms with E-state index in [1.54, 1.807) is 17.8 Å². The molecule has 1 unspecified atom stereocenters. The fraction of sp³-hybridized carbons (Fsp3) is 0.500. The van der Waals surface area contributed by atoms with Crippen molar-refractivity contribution in [3.8, 4) is 0 Å². The molecule has 0 spiro atoms. The first kappa shape index (κ1) is 8.93. The number of carbonyl (C=O) groups excluding carboxylic acids is 1. The van der Waals surface area contributed by atoms with Crippen LogP contribution in [0, 0.1) is 6.92 Å². The second kappa shape index (κ2) is 3.49. The molecular formula is C8H13N3O. The first-order chi connectivity index (χ1) is 5.65. The van der Waals surface area contributed by atoms with Crippen molar-refractivity contribution in [3.05, 3.63) is 18.0 Å². The van der Waals surface area contributed by atoms with Gasteiger partial charge in [-0.1, -0.05) is 0 Å². The third-order valence-electron chi connectivity index (χ3n) is 1.81. The lowest BCUT2D eigenvalue weighted by atomic mass is 10.2. The number of aryl methyl sites for hydroxylation is 1. The van der Waals surface area contributed by atoms with E-state index in [4.69, 9.17) is 5.73 Å². The van der Waals surface area contributed by atoms with Crippen molar-refractivity contribution in [2.45, 2.75) is 19.9 Å². The number of Topliss-reactive ketones (excluding diaryl/α,β-unsaturated/α-hetero) is 1. The van der Waals surface area contributed by atoms with E-state index in [-0.39, 0.29) is 18.4 Å². The zero-order valence-corrected chi connectivity index (χ0v) is 7.32. The minimum absolute atomic E-state index is 0.00176. The molecule has 0 aromatic carbocycles. The van der Waals surface area contributed by atoms with Crippen molar-refractivity contribution >= 4 is 5.78 Å². The van der Waals surface area contributed by atoms with Crippen LogP contribution in [0.4, 0.5) is 0 Å². The smallest absolute Gasteiger partial charge is 0.170 e. The van der Waals surface area contributed by atoms with Crippen LogP contribution in [0.3, 0.4) is 0 Å². The third kappa shape index (κ3) is 1.71. The van der Waals surface area contributed by atoms with Crippen LogP contribution in [0.5, 0.6) is 0 Å². The number of hydrogen-bond acceptors (Lipinski definition) is 3. The molecule has 0 saturated carbocycles. The highest BCUT2D eigenvalue weighted by Crippen LogP contribution is 2.05. The number of nitrogens with zero attached hydrogens (tertiary/aromatic N) is 2. The number of carbonyl (C=O) groups is 1. The van der Waals surface area contributed by atoms with Crippen LogP contribution in [0.2, 0.25) is 0 Å². The summed E-state index contributed by atoms with van der Waals surface area (Å²) in [6.45, 7) is 3.75. The molecule has 0 fully saturated rings. The monoisotopic (exact) mass is 167 g/mol. The number of nitrogens with two attached hydrogens (primary N) is 1. The summed E-state index contributed by atoms with van der Waals surface area (Å²) >= 11 is 0. The van der Waals surface area contributed by atoms with Crippen LogP contribution >= 0.6 is 0 Å². The molecule has 0 aliphatic rings. The summed E-state index contributed by atoms with van der Waals surface area (Å²) in [5.74, 6) is -0.00176. The lowest BCUT2D eigenvalue weighted by Crippen LogP contribution is -2.24. The molecule has 0 aliphatic heterocycles. The van der Waals surface area contributed by atoms with Gasteiger partial charge >= 0.3 is 0 Å². The summed E-state index contributed by atoms with van der Waals surface area (Å²) in [5.41, 5.74) is 6.14. The maximum atomic E-state index is 11.1. The summed E-state index contributed by atoms with van der Waals surface area (Å²) in [6, 6.07) is 1.61. The summed E-state index contributed by atoms with van der Waals surface area (Å²) in [6.07, 6.45) is 1.79. The second-order valence-electron chi connectivity index (χ2n) is 2.78. The molecule has 0 aliphatic carbocycles. The van der Waals surface area contributed by atoms with E-state index in [9.17, 15) is 4.79 Å². The van der Waals surface area contributed by atoms with Crippen LogP contribution in [-0.4, -0.2) is 22.1 Å². The van der Waals surface area contributed by atoms with Gasteiger partial charge < -0.3 is 5.73 Å². The fourth-order valence-corrected chi connectivity index (χ4v) is 0.967. The van der Waals surface area contributed by atoms with Crippen molar-refractivity contribution in [1.29, 1.82) is 0 Å². The molecule has 1 atom stereocenters. The van der Waals surface area contributed by atoms with Crippen molar-refractivity contribution < 1.29 is 4.79 Å². The minimum Gasteiger partial charge on any atom is -0.324 e. The maximum absolute atomic E-state index is 11.1. The minimum atomic E-state index is -0.247. The SMILES string of the molecule is Cc1ccn(C(C)C(=O)CN)n1. The molecule has 0 amide bonds. The van der Waals surface area contributed by atoms with Crippen molar-refractivity contribution in [3.63, 3.8) is 0 Å². The Balaban J connectivity index is 2.77. The molecule has 0 radical (unpaired) electrons. The lowest BCUT2D eigenvalue weighted by Gasteiger charge is -2.08. The highest BCUT2D eigenvalue weighted by atomic mass is 16.1. The summed E-state index contributed by atoms with van der Waals surface area (Å²) in [4.78, 5) is 11.1. The Morgan fingerprint density at radius 1 is 1.83 bits per heavy atom. The van der Waals surface area contributed by atoms with Gasteiger partial charge in [0.15, 0.2) is 5.78 Å². The Morgan fingerprint density at radius 3 is 2.92 bits per heavy atom. The summed E-state index contributed by atoms with van der Waals surface area (Å²) in [5, 5.41) is 4.12. The topological polar surface area (TPSA) is 60.9 Å². The highest BCUT2D eigenvalue weighted by Gasteiger charge is 2.12. The predicted molar refractivity (Wildman–Crippen MR) is 45.7 cm³/mol. The van der Waals surface area contributed by atoms with Gasteiger partial charge in [0.1, 0.15) is 6.04 Å². The van der Waals surface area contributed by atoms with Crippen LogP contribution in [0.1, 0.15) is 18.7 Å². The van der Waals surface area contributed by atoms with E-state index in [1.807, 2.05) is 13.0 Å². The second-order valence-corrected chi connectivity index (χ2v) is 2.78. The van der Waals surface area contributed by atoms with E-state index in [1.165, 1.54) is 0 Å². The predicted octanol–water partition coefficient (Wildman–Crippen LogP) is 0.280. The van der Waals surface area contributed by atoms with Gasteiger partial charge in [0, 0.05) is 6.20 Å². The zero-order valence-electron chi connectivity index (χ0n) is 7.32. The first-order valence-electron chi connectivity index (χ1n) is 3.89.